The molecule has 72 valence electrons. The van der Waals surface area contributed by atoms with Gasteiger partial charge >= 0.3 is 0 Å². The molecule has 1 aromatic rings. The molecule has 0 aliphatic heterocycles. The lowest BCUT2D eigenvalue weighted by Gasteiger charge is -1.97. The smallest absolute Gasteiger partial charge is 0.264 e. The first kappa shape index (κ1) is 10.4. The molecule has 1 rings (SSSR count). The van der Waals surface area contributed by atoms with Gasteiger partial charge in [-0.2, -0.15) is 8.42 Å². The van der Waals surface area contributed by atoms with Crippen LogP contribution in [0.1, 0.15) is 9.67 Å². The molecule has 0 fully saturated rings. The molecule has 0 saturated carbocycles. The molecule has 0 N–H and O–H groups in total. The Morgan fingerprint density at radius 1 is 1.62 bits per heavy atom. The van der Waals surface area contributed by atoms with Crippen LogP contribution in [-0.2, 0) is 14.3 Å². The van der Waals surface area contributed by atoms with E-state index in [2.05, 4.69) is 4.18 Å². The van der Waals surface area contributed by atoms with E-state index in [9.17, 15) is 13.2 Å². The van der Waals surface area contributed by atoms with Crippen LogP contribution in [0.2, 0.25) is 0 Å². The van der Waals surface area contributed by atoms with E-state index < -0.39 is 16.7 Å². The molecule has 6 heteroatoms. The fraction of sp³-hybridized carbons (Fsp3) is 0.286. The molecular weight excluding hydrogens is 212 g/mol. The topological polar surface area (TPSA) is 60.4 Å². The highest BCUT2D eigenvalue weighted by Gasteiger charge is 2.10. The van der Waals surface area contributed by atoms with E-state index in [1.807, 2.05) is 0 Å². The minimum atomic E-state index is -3.53. The highest BCUT2D eigenvalue weighted by molar-refractivity contribution is 7.86. The van der Waals surface area contributed by atoms with Gasteiger partial charge in [-0.25, -0.2) is 0 Å². The third-order valence-electron chi connectivity index (χ3n) is 1.20. The van der Waals surface area contributed by atoms with E-state index in [4.69, 9.17) is 0 Å². The van der Waals surface area contributed by atoms with Crippen LogP contribution >= 0.6 is 11.3 Å². The summed E-state index contributed by atoms with van der Waals surface area (Å²) in [5.41, 5.74) is 0. The summed E-state index contributed by atoms with van der Waals surface area (Å²) in [5.74, 6) is -0.319. The predicted octanol–water partition coefficient (Wildman–Crippen LogP) is 0.907. The number of rotatable bonds is 4. The van der Waals surface area contributed by atoms with Crippen molar-refractivity contribution in [3.05, 3.63) is 22.4 Å². The molecule has 0 bridgehead atoms. The highest BCUT2D eigenvalue weighted by Crippen LogP contribution is 2.09. The summed E-state index contributed by atoms with van der Waals surface area (Å²) in [6.45, 7) is -0.417. The third-order valence-corrected chi connectivity index (χ3v) is 2.66. The maximum Gasteiger partial charge on any atom is 0.264 e. The molecule has 0 aliphatic rings. The summed E-state index contributed by atoms with van der Waals surface area (Å²) >= 11 is 1.26. The van der Waals surface area contributed by atoms with Gasteiger partial charge in [0.05, 0.1) is 11.1 Å². The SMILES string of the molecule is CS(=O)(=O)OCC(=O)c1cccs1. The van der Waals surface area contributed by atoms with Crippen molar-refractivity contribution < 1.29 is 17.4 Å². The Hall–Kier alpha value is -0.720. The summed E-state index contributed by atoms with van der Waals surface area (Å²) < 4.78 is 25.4. The zero-order valence-electron chi connectivity index (χ0n) is 6.89. The zero-order chi connectivity index (χ0) is 9.90. The molecule has 0 unspecified atom stereocenters. The van der Waals surface area contributed by atoms with E-state index >= 15 is 0 Å². The lowest BCUT2D eigenvalue weighted by Crippen LogP contribution is -2.12. The number of carbonyl (C=O) groups is 1. The Bertz CT molecular complexity index is 377. The van der Waals surface area contributed by atoms with Crippen molar-refractivity contribution in [3.8, 4) is 0 Å². The molecule has 1 heterocycles. The van der Waals surface area contributed by atoms with E-state index in [1.54, 1.807) is 17.5 Å². The van der Waals surface area contributed by atoms with Crippen LogP contribution in [0.15, 0.2) is 17.5 Å². The minimum absolute atomic E-state index is 0.319. The molecule has 0 saturated heterocycles. The largest absolute Gasteiger partial charge is 0.291 e. The van der Waals surface area contributed by atoms with Crippen LogP contribution in [0.5, 0.6) is 0 Å². The Morgan fingerprint density at radius 3 is 2.77 bits per heavy atom. The van der Waals surface area contributed by atoms with Crippen LogP contribution in [0.3, 0.4) is 0 Å². The lowest BCUT2D eigenvalue weighted by molar-refractivity contribution is 0.0929. The van der Waals surface area contributed by atoms with Gasteiger partial charge < -0.3 is 0 Å². The number of hydrogen-bond donors (Lipinski definition) is 0. The van der Waals surface area contributed by atoms with Gasteiger partial charge in [-0.15, -0.1) is 11.3 Å². The second-order valence-electron chi connectivity index (χ2n) is 2.37. The van der Waals surface area contributed by atoms with E-state index in [0.29, 0.717) is 4.88 Å². The fourth-order valence-corrected chi connectivity index (χ4v) is 1.64. The second kappa shape index (κ2) is 3.99. The minimum Gasteiger partial charge on any atom is -0.291 e. The van der Waals surface area contributed by atoms with Gasteiger partial charge in [0.2, 0.25) is 0 Å². The van der Waals surface area contributed by atoms with E-state index in [-0.39, 0.29) is 5.78 Å². The van der Waals surface area contributed by atoms with Gasteiger partial charge in [0.15, 0.2) is 5.78 Å². The molecule has 0 amide bonds. The maximum atomic E-state index is 11.2. The first-order chi connectivity index (χ1) is 5.99. The number of carbonyl (C=O) groups excluding carboxylic acids is 1. The van der Waals surface area contributed by atoms with Gasteiger partial charge in [-0.05, 0) is 11.4 Å². The second-order valence-corrected chi connectivity index (χ2v) is 4.96. The van der Waals surface area contributed by atoms with Gasteiger partial charge in [0.1, 0.15) is 6.61 Å². The summed E-state index contributed by atoms with van der Waals surface area (Å²) in [6, 6.07) is 3.34. The average Bonchev–Trinajstić information content (AvgIpc) is 2.50. The van der Waals surface area contributed by atoms with Crippen LogP contribution in [0.25, 0.3) is 0 Å². The molecule has 4 nitrogen and oxygen atoms in total. The van der Waals surface area contributed by atoms with E-state index in [0.717, 1.165) is 6.26 Å². The normalized spacial score (nSPS) is 11.5. The van der Waals surface area contributed by atoms with Crippen molar-refractivity contribution >= 4 is 27.2 Å². The molecule has 0 aliphatic carbocycles. The summed E-state index contributed by atoms with van der Waals surface area (Å²) in [5, 5.41) is 1.74. The average molecular weight is 220 g/mol. The summed E-state index contributed by atoms with van der Waals surface area (Å²) in [7, 11) is -3.53. The van der Waals surface area contributed by atoms with Crippen molar-refractivity contribution in [3.63, 3.8) is 0 Å². The fourth-order valence-electron chi connectivity index (χ4n) is 0.669. The Balaban J connectivity index is 2.53. The zero-order valence-corrected chi connectivity index (χ0v) is 8.52. The highest BCUT2D eigenvalue weighted by atomic mass is 32.2. The lowest BCUT2D eigenvalue weighted by atomic mass is 10.3. The van der Waals surface area contributed by atoms with Gasteiger partial charge in [0, 0.05) is 0 Å². The maximum absolute atomic E-state index is 11.2. The molecule has 1 aromatic heterocycles. The number of ketones is 1. The van der Waals surface area contributed by atoms with Gasteiger partial charge in [-0.3, -0.25) is 8.98 Å². The molecule has 0 spiro atoms. The van der Waals surface area contributed by atoms with Crippen LogP contribution < -0.4 is 0 Å². The predicted molar refractivity (Wildman–Crippen MR) is 49.4 cm³/mol. The number of Topliss-reactive ketones (excluding diaryl/α,β-unsaturated/α-hetero) is 1. The monoisotopic (exact) mass is 220 g/mol. The van der Waals surface area contributed by atoms with Gasteiger partial charge in [0.25, 0.3) is 10.1 Å². The third kappa shape index (κ3) is 3.67. The van der Waals surface area contributed by atoms with Gasteiger partial charge in [-0.1, -0.05) is 6.07 Å². The van der Waals surface area contributed by atoms with Crippen molar-refractivity contribution in [1.82, 2.24) is 0 Å². The molecule has 0 aromatic carbocycles. The van der Waals surface area contributed by atoms with Crippen molar-refractivity contribution in [2.75, 3.05) is 12.9 Å². The van der Waals surface area contributed by atoms with Crippen LogP contribution in [-0.4, -0.2) is 27.1 Å². The first-order valence-electron chi connectivity index (χ1n) is 3.40. The van der Waals surface area contributed by atoms with Crippen molar-refractivity contribution in [1.29, 1.82) is 0 Å². The Labute approximate surface area is 80.3 Å². The molecule has 13 heavy (non-hydrogen) atoms. The van der Waals surface area contributed by atoms with E-state index in [1.165, 1.54) is 11.3 Å². The van der Waals surface area contributed by atoms with Crippen molar-refractivity contribution in [2.24, 2.45) is 0 Å². The summed E-state index contributed by atoms with van der Waals surface area (Å²) in [6.07, 6.45) is 0.911. The molecule has 0 radical (unpaired) electrons. The number of hydrogen-bond acceptors (Lipinski definition) is 5. The van der Waals surface area contributed by atoms with Crippen LogP contribution in [0, 0.1) is 0 Å². The Morgan fingerprint density at radius 2 is 2.31 bits per heavy atom. The standard InChI is InChI=1S/C7H8O4S2/c1-13(9,10)11-5-6(8)7-3-2-4-12-7/h2-4H,5H2,1H3. The molecule has 0 atom stereocenters. The van der Waals surface area contributed by atoms with Crippen molar-refractivity contribution in [2.45, 2.75) is 0 Å². The first-order valence-corrected chi connectivity index (χ1v) is 6.10. The Kier molecular flexibility index (Phi) is 3.18. The van der Waals surface area contributed by atoms with Crippen LogP contribution in [0.4, 0.5) is 0 Å². The molecular formula is C7H8O4S2. The quantitative estimate of drug-likeness (QED) is 0.559. The summed E-state index contributed by atoms with van der Waals surface area (Å²) in [4.78, 5) is 11.7. The number of thiophene rings is 1.